The predicted molar refractivity (Wildman–Crippen MR) is 108 cm³/mol. The van der Waals surface area contributed by atoms with E-state index in [-0.39, 0.29) is 23.8 Å². The van der Waals surface area contributed by atoms with Gasteiger partial charge in [0.2, 0.25) is 5.91 Å². The topological polar surface area (TPSA) is 89.4 Å². The number of aromatic nitrogens is 3. The van der Waals surface area contributed by atoms with Gasteiger partial charge in [0.25, 0.3) is 0 Å². The molecule has 1 amide bonds. The third-order valence-electron chi connectivity index (χ3n) is 5.59. The minimum Gasteiger partial charge on any atom is -0.461 e. The van der Waals surface area contributed by atoms with Gasteiger partial charge in [0, 0.05) is 49.6 Å². The number of carbonyl (C=O) groups excluding carboxylic acids is 2. The summed E-state index contributed by atoms with van der Waals surface area (Å²) in [5, 5.41) is 7.43. The number of hydrogen-bond donors (Lipinski definition) is 1. The molecule has 0 saturated carbocycles. The average molecular weight is 397 g/mol. The molecule has 0 spiro atoms. The van der Waals surface area contributed by atoms with Crippen molar-refractivity contribution < 1.29 is 14.3 Å². The molecule has 29 heavy (non-hydrogen) atoms. The second-order valence-electron chi connectivity index (χ2n) is 7.79. The second kappa shape index (κ2) is 7.85. The predicted octanol–water partition coefficient (Wildman–Crippen LogP) is 2.20. The van der Waals surface area contributed by atoms with Crippen LogP contribution in [0.3, 0.4) is 0 Å². The molecule has 0 aromatic carbocycles. The van der Waals surface area contributed by atoms with Crippen LogP contribution in [-0.4, -0.2) is 46.3 Å². The minimum absolute atomic E-state index is 0.0716. The standard InChI is InChI=1S/C21H27N5O3/c1-4-29-21(28)19-16-12-25(10-8-17(16)26(24-19)13(2)3)18-6-5-14(11-23-18)15-7-9-22-20(15)27/h5-6,11,13,15H,4,7-10,12H2,1-3H3,(H,22,27)/t15-/m0/s1. The number of carbonyl (C=O) groups is 2. The molecule has 4 heterocycles. The largest absolute Gasteiger partial charge is 0.461 e. The van der Waals surface area contributed by atoms with Gasteiger partial charge < -0.3 is 15.0 Å². The molecule has 8 heteroatoms. The van der Waals surface area contributed by atoms with Gasteiger partial charge in [0.1, 0.15) is 5.82 Å². The van der Waals surface area contributed by atoms with Gasteiger partial charge in [-0.15, -0.1) is 0 Å². The maximum absolute atomic E-state index is 12.4. The maximum Gasteiger partial charge on any atom is 0.359 e. The quantitative estimate of drug-likeness (QED) is 0.778. The van der Waals surface area contributed by atoms with Crippen molar-refractivity contribution >= 4 is 17.7 Å². The van der Waals surface area contributed by atoms with Crippen LogP contribution in [0.5, 0.6) is 0 Å². The smallest absolute Gasteiger partial charge is 0.359 e. The second-order valence-corrected chi connectivity index (χ2v) is 7.79. The molecule has 1 saturated heterocycles. The molecule has 0 radical (unpaired) electrons. The van der Waals surface area contributed by atoms with Crippen molar-refractivity contribution in [1.82, 2.24) is 20.1 Å². The van der Waals surface area contributed by atoms with Gasteiger partial charge in [0.05, 0.1) is 12.5 Å². The molecule has 0 bridgehead atoms. The zero-order valence-corrected chi connectivity index (χ0v) is 17.1. The lowest BCUT2D eigenvalue weighted by Gasteiger charge is -2.29. The van der Waals surface area contributed by atoms with Crippen molar-refractivity contribution in [2.75, 3.05) is 24.6 Å². The number of esters is 1. The third kappa shape index (κ3) is 3.59. The van der Waals surface area contributed by atoms with Crippen LogP contribution in [0.4, 0.5) is 5.82 Å². The van der Waals surface area contributed by atoms with E-state index >= 15 is 0 Å². The van der Waals surface area contributed by atoms with Gasteiger partial charge in [-0.2, -0.15) is 5.10 Å². The van der Waals surface area contributed by atoms with Crippen LogP contribution in [0, 0.1) is 0 Å². The van der Waals surface area contributed by atoms with E-state index in [1.165, 1.54) is 0 Å². The number of rotatable bonds is 5. The average Bonchev–Trinajstić information content (AvgIpc) is 3.31. The van der Waals surface area contributed by atoms with Crippen LogP contribution in [0.2, 0.25) is 0 Å². The Bertz CT molecular complexity index is 919. The number of nitrogens with one attached hydrogen (secondary N) is 1. The molecule has 2 aliphatic rings. The van der Waals surface area contributed by atoms with Crippen molar-refractivity contribution in [2.45, 2.75) is 52.1 Å². The SMILES string of the molecule is CCOC(=O)c1nn(C(C)C)c2c1CN(c1ccc([C@@H]3CCNC3=O)cn1)CC2. The number of pyridine rings is 1. The normalized spacial score (nSPS) is 18.7. The van der Waals surface area contributed by atoms with Crippen LogP contribution in [-0.2, 0) is 22.5 Å². The van der Waals surface area contributed by atoms with Crippen LogP contribution in [0.25, 0.3) is 0 Å². The van der Waals surface area contributed by atoms with Crippen LogP contribution in [0.15, 0.2) is 18.3 Å². The van der Waals surface area contributed by atoms with Crippen LogP contribution in [0.1, 0.15) is 66.5 Å². The number of hydrogen-bond acceptors (Lipinski definition) is 6. The molecule has 8 nitrogen and oxygen atoms in total. The number of amides is 1. The Kier molecular flexibility index (Phi) is 5.25. The zero-order chi connectivity index (χ0) is 20.5. The summed E-state index contributed by atoms with van der Waals surface area (Å²) in [6.45, 7) is 8.32. The number of ether oxygens (including phenoxy) is 1. The van der Waals surface area contributed by atoms with E-state index < -0.39 is 0 Å². The molecule has 1 N–H and O–H groups in total. The Morgan fingerprint density at radius 1 is 1.38 bits per heavy atom. The lowest BCUT2D eigenvalue weighted by Crippen LogP contribution is -2.32. The zero-order valence-electron chi connectivity index (χ0n) is 17.1. The third-order valence-corrected chi connectivity index (χ3v) is 5.59. The summed E-state index contributed by atoms with van der Waals surface area (Å²) < 4.78 is 7.16. The van der Waals surface area contributed by atoms with E-state index in [0.717, 1.165) is 48.6 Å². The Hall–Kier alpha value is -2.90. The lowest BCUT2D eigenvalue weighted by atomic mass is 9.99. The van der Waals surface area contributed by atoms with E-state index in [4.69, 9.17) is 4.74 Å². The van der Waals surface area contributed by atoms with E-state index in [2.05, 4.69) is 34.1 Å². The molecule has 1 fully saturated rings. The summed E-state index contributed by atoms with van der Waals surface area (Å²) in [4.78, 5) is 31.1. The molecule has 0 aliphatic carbocycles. The molecule has 2 aromatic heterocycles. The fourth-order valence-electron chi connectivity index (χ4n) is 4.13. The molecule has 4 rings (SSSR count). The Balaban J connectivity index is 1.59. The van der Waals surface area contributed by atoms with Crippen molar-refractivity contribution in [1.29, 1.82) is 0 Å². The maximum atomic E-state index is 12.4. The first-order valence-electron chi connectivity index (χ1n) is 10.3. The van der Waals surface area contributed by atoms with E-state index in [1.54, 1.807) is 13.1 Å². The molecule has 0 unspecified atom stereocenters. The van der Waals surface area contributed by atoms with Gasteiger partial charge in [-0.25, -0.2) is 9.78 Å². The summed E-state index contributed by atoms with van der Waals surface area (Å²) >= 11 is 0. The highest BCUT2D eigenvalue weighted by Gasteiger charge is 2.30. The van der Waals surface area contributed by atoms with Gasteiger partial charge >= 0.3 is 5.97 Å². The molecule has 1 atom stereocenters. The number of nitrogens with zero attached hydrogens (tertiary/aromatic N) is 4. The van der Waals surface area contributed by atoms with Crippen LogP contribution >= 0.6 is 0 Å². The van der Waals surface area contributed by atoms with E-state index in [9.17, 15) is 9.59 Å². The first-order chi connectivity index (χ1) is 14.0. The fraction of sp³-hybridized carbons (Fsp3) is 0.524. The molecular formula is C21H27N5O3. The molecule has 154 valence electrons. The molecule has 2 aromatic rings. The highest BCUT2D eigenvalue weighted by atomic mass is 16.5. The Morgan fingerprint density at radius 3 is 2.83 bits per heavy atom. The van der Waals surface area contributed by atoms with Crippen molar-refractivity contribution in [3.8, 4) is 0 Å². The van der Waals surface area contributed by atoms with Gasteiger partial charge in [-0.3, -0.25) is 9.48 Å². The fourth-order valence-corrected chi connectivity index (χ4v) is 4.13. The van der Waals surface area contributed by atoms with E-state index in [1.807, 2.05) is 16.8 Å². The number of fused-ring (bicyclic) bond motifs is 1. The van der Waals surface area contributed by atoms with Gasteiger partial charge in [0.15, 0.2) is 5.69 Å². The Morgan fingerprint density at radius 2 is 2.21 bits per heavy atom. The number of anilines is 1. The van der Waals surface area contributed by atoms with Crippen molar-refractivity contribution in [3.63, 3.8) is 0 Å². The van der Waals surface area contributed by atoms with Crippen molar-refractivity contribution in [3.05, 3.63) is 40.8 Å². The summed E-state index contributed by atoms with van der Waals surface area (Å²) in [5.74, 6) is 0.428. The highest BCUT2D eigenvalue weighted by Crippen LogP contribution is 2.29. The molecular weight excluding hydrogens is 370 g/mol. The summed E-state index contributed by atoms with van der Waals surface area (Å²) in [6, 6.07) is 4.12. The first kappa shape index (κ1) is 19.4. The first-order valence-corrected chi connectivity index (χ1v) is 10.3. The van der Waals surface area contributed by atoms with Gasteiger partial charge in [-0.05, 0) is 38.8 Å². The molecule has 2 aliphatic heterocycles. The Labute approximate surface area is 170 Å². The summed E-state index contributed by atoms with van der Waals surface area (Å²) in [7, 11) is 0. The van der Waals surface area contributed by atoms with Gasteiger partial charge in [-0.1, -0.05) is 6.07 Å². The van der Waals surface area contributed by atoms with E-state index in [0.29, 0.717) is 18.8 Å². The monoisotopic (exact) mass is 397 g/mol. The summed E-state index contributed by atoms with van der Waals surface area (Å²) in [5.41, 5.74) is 3.36. The summed E-state index contributed by atoms with van der Waals surface area (Å²) in [6.07, 6.45) is 3.39. The lowest BCUT2D eigenvalue weighted by molar-refractivity contribution is -0.120. The van der Waals surface area contributed by atoms with Crippen LogP contribution < -0.4 is 10.2 Å². The highest BCUT2D eigenvalue weighted by molar-refractivity contribution is 5.89. The minimum atomic E-state index is -0.374. The van der Waals surface area contributed by atoms with Crippen molar-refractivity contribution in [2.24, 2.45) is 0 Å².